The second-order valence-electron chi connectivity index (χ2n) is 6.30. The molecule has 0 saturated carbocycles. The molecule has 1 N–H and O–H groups in total. The monoisotopic (exact) mass is 362 g/mol. The number of benzene rings is 1. The van der Waals surface area contributed by atoms with E-state index in [1.54, 1.807) is 23.5 Å². The Morgan fingerprint density at radius 2 is 1.88 bits per heavy atom. The molecule has 2 aromatic rings. The lowest BCUT2D eigenvalue weighted by molar-refractivity contribution is -0.126. The van der Waals surface area contributed by atoms with Gasteiger partial charge in [0.1, 0.15) is 5.82 Å². The number of halogens is 1. The van der Waals surface area contributed by atoms with Gasteiger partial charge in [-0.25, -0.2) is 9.37 Å². The fourth-order valence-electron chi connectivity index (χ4n) is 3.01. The third-order valence-electron chi connectivity index (χ3n) is 4.66. The fourth-order valence-corrected chi connectivity index (χ4v) is 3.70. The first-order chi connectivity index (χ1) is 12.0. The summed E-state index contributed by atoms with van der Waals surface area (Å²) in [5.41, 5.74) is 0.899. The highest BCUT2D eigenvalue weighted by atomic mass is 32.1. The number of nitrogens with one attached hydrogen (secondary N) is 1. The number of hydrogen-bond acceptors (Lipinski definition) is 5. The van der Waals surface area contributed by atoms with E-state index in [0.29, 0.717) is 0 Å². The predicted octanol–water partition coefficient (Wildman–Crippen LogP) is 2.67. The van der Waals surface area contributed by atoms with Gasteiger partial charge in [0.05, 0.1) is 12.1 Å². The van der Waals surface area contributed by atoms with Crippen LogP contribution in [0.15, 0.2) is 35.8 Å². The first-order valence-electron chi connectivity index (χ1n) is 8.49. The van der Waals surface area contributed by atoms with Crippen molar-refractivity contribution in [2.45, 2.75) is 25.9 Å². The summed E-state index contributed by atoms with van der Waals surface area (Å²) < 4.78 is 13.0. The maximum absolute atomic E-state index is 13.0. The van der Waals surface area contributed by atoms with Crippen LogP contribution in [0.1, 0.15) is 25.5 Å². The van der Waals surface area contributed by atoms with Gasteiger partial charge in [0.15, 0.2) is 5.13 Å². The molecule has 0 bridgehead atoms. The van der Waals surface area contributed by atoms with Crippen LogP contribution in [-0.2, 0) is 4.79 Å². The van der Waals surface area contributed by atoms with Crippen LogP contribution in [0.5, 0.6) is 0 Å². The van der Waals surface area contributed by atoms with E-state index in [9.17, 15) is 9.18 Å². The van der Waals surface area contributed by atoms with E-state index in [0.717, 1.165) is 36.9 Å². The van der Waals surface area contributed by atoms with Crippen molar-refractivity contribution in [3.8, 4) is 0 Å². The van der Waals surface area contributed by atoms with Gasteiger partial charge in [0, 0.05) is 37.8 Å². The molecule has 25 heavy (non-hydrogen) atoms. The number of carbonyl (C=O) groups excluding carboxylic acids is 1. The predicted molar refractivity (Wildman–Crippen MR) is 98.3 cm³/mol. The SMILES string of the molecule is C[C@H](NC(=O)[C@H](C)N1CCN(c2nccs2)CC1)c1ccc(F)cc1. The molecule has 0 radical (unpaired) electrons. The molecule has 1 aliphatic rings. The summed E-state index contributed by atoms with van der Waals surface area (Å²) in [6, 6.07) is 5.90. The van der Waals surface area contributed by atoms with Crippen LogP contribution in [0.3, 0.4) is 0 Å². The molecular formula is C18H23FN4OS. The molecule has 1 amide bonds. The van der Waals surface area contributed by atoms with Crippen LogP contribution < -0.4 is 10.2 Å². The van der Waals surface area contributed by atoms with Crippen molar-refractivity contribution in [1.82, 2.24) is 15.2 Å². The van der Waals surface area contributed by atoms with Crippen LogP contribution in [0, 0.1) is 5.82 Å². The highest BCUT2D eigenvalue weighted by molar-refractivity contribution is 7.13. The van der Waals surface area contributed by atoms with Crippen molar-refractivity contribution in [2.24, 2.45) is 0 Å². The van der Waals surface area contributed by atoms with Crippen LogP contribution in [0.2, 0.25) is 0 Å². The van der Waals surface area contributed by atoms with Gasteiger partial charge in [-0.05, 0) is 31.5 Å². The standard InChI is InChI=1S/C18H23FN4OS/c1-13(15-3-5-16(19)6-4-15)21-17(24)14(2)22-8-10-23(11-9-22)18-20-7-12-25-18/h3-7,12-14H,8-11H2,1-2H3,(H,21,24)/t13-,14-/m0/s1. The molecule has 5 nitrogen and oxygen atoms in total. The van der Waals surface area contributed by atoms with Crippen LogP contribution in [0.4, 0.5) is 9.52 Å². The molecule has 2 heterocycles. The second-order valence-corrected chi connectivity index (χ2v) is 7.17. The highest BCUT2D eigenvalue weighted by Gasteiger charge is 2.27. The van der Waals surface area contributed by atoms with Gasteiger partial charge >= 0.3 is 0 Å². The Hall–Kier alpha value is -1.99. The lowest BCUT2D eigenvalue weighted by Crippen LogP contribution is -2.54. The van der Waals surface area contributed by atoms with Gasteiger partial charge in [-0.3, -0.25) is 9.69 Å². The van der Waals surface area contributed by atoms with E-state index in [1.807, 2.05) is 25.4 Å². The fraction of sp³-hybridized carbons (Fsp3) is 0.444. The van der Waals surface area contributed by atoms with Crippen molar-refractivity contribution in [1.29, 1.82) is 0 Å². The number of aromatic nitrogens is 1. The Labute approximate surface area is 151 Å². The number of thiazole rings is 1. The van der Waals surface area contributed by atoms with Crippen molar-refractivity contribution in [2.75, 3.05) is 31.1 Å². The summed E-state index contributed by atoms with van der Waals surface area (Å²) in [7, 11) is 0. The summed E-state index contributed by atoms with van der Waals surface area (Å²) in [5, 5.41) is 6.05. The first kappa shape index (κ1) is 17.8. The Bertz CT molecular complexity index is 684. The molecule has 1 saturated heterocycles. The molecule has 1 aromatic carbocycles. The summed E-state index contributed by atoms with van der Waals surface area (Å²) in [6.45, 7) is 7.26. The summed E-state index contributed by atoms with van der Waals surface area (Å²) in [4.78, 5) is 21.3. The van der Waals surface area contributed by atoms with Gasteiger partial charge in [-0.2, -0.15) is 0 Å². The average Bonchev–Trinajstić information content (AvgIpc) is 3.16. The van der Waals surface area contributed by atoms with Gasteiger partial charge < -0.3 is 10.2 Å². The Morgan fingerprint density at radius 1 is 1.20 bits per heavy atom. The number of hydrogen-bond donors (Lipinski definition) is 1. The van der Waals surface area contributed by atoms with Gasteiger partial charge in [-0.1, -0.05) is 12.1 Å². The first-order valence-corrected chi connectivity index (χ1v) is 9.37. The zero-order chi connectivity index (χ0) is 17.8. The normalized spacial score (nSPS) is 18.0. The topological polar surface area (TPSA) is 48.5 Å². The van der Waals surface area contributed by atoms with E-state index in [1.165, 1.54) is 12.1 Å². The molecule has 134 valence electrons. The highest BCUT2D eigenvalue weighted by Crippen LogP contribution is 2.20. The van der Waals surface area contributed by atoms with E-state index in [2.05, 4.69) is 20.1 Å². The number of carbonyl (C=O) groups is 1. The van der Waals surface area contributed by atoms with Crippen molar-refractivity contribution < 1.29 is 9.18 Å². The summed E-state index contributed by atoms with van der Waals surface area (Å²) in [5.74, 6) is -0.270. The molecule has 3 rings (SSSR count). The number of rotatable bonds is 5. The molecule has 1 fully saturated rings. The average molecular weight is 362 g/mol. The molecule has 0 unspecified atom stereocenters. The second kappa shape index (κ2) is 7.93. The Kier molecular flexibility index (Phi) is 5.65. The quantitative estimate of drug-likeness (QED) is 0.888. The number of anilines is 1. The van der Waals surface area contributed by atoms with Crippen molar-refractivity contribution >= 4 is 22.4 Å². The van der Waals surface area contributed by atoms with E-state index in [-0.39, 0.29) is 23.8 Å². The van der Waals surface area contributed by atoms with E-state index >= 15 is 0 Å². The third-order valence-corrected chi connectivity index (χ3v) is 5.49. The minimum Gasteiger partial charge on any atom is -0.348 e. The number of amides is 1. The van der Waals surface area contributed by atoms with Crippen molar-refractivity contribution in [3.05, 3.63) is 47.2 Å². The third kappa shape index (κ3) is 4.35. The smallest absolute Gasteiger partial charge is 0.237 e. The number of nitrogens with zero attached hydrogens (tertiary/aromatic N) is 3. The largest absolute Gasteiger partial charge is 0.348 e. The molecular weight excluding hydrogens is 339 g/mol. The van der Waals surface area contributed by atoms with Crippen LogP contribution in [0.25, 0.3) is 0 Å². The number of piperazine rings is 1. The van der Waals surface area contributed by atoms with E-state index < -0.39 is 0 Å². The Morgan fingerprint density at radius 3 is 2.48 bits per heavy atom. The maximum atomic E-state index is 13.0. The maximum Gasteiger partial charge on any atom is 0.237 e. The van der Waals surface area contributed by atoms with Gasteiger partial charge in [0.25, 0.3) is 0 Å². The lowest BCUT2D eigenvalue weighted by Gasteiger charge is -2.37. The lowest BCUT2D eigenvalue weighted by atomic mass is 10.1. The molecule has 0 aliphatic carbocycles. The zero-order valence-corrected chi connectivity index (χ0v) is 15.3. The minimum absolute atomic E-state index is 0.000441. The van der Waals surface area contributed by atoms with E-state index in [4.69, 9.17) is 0 Å². The Balaban J connectivity index is 1.51. The molecule has 2 atom stereocenters. The molecule has 1 aliphatic heterocycles. The molecule has 0 spiro atoms. The van der Waals surface area contributed by atoms with Gasteiger partial charge in [-0.15, -0.1) is 11.3 Å². The van der Waals surface area contributed by atoms with Crippen LogP contribution in [-0.4, -0.2) is 48.0 Å². The molecule has 7 heteroatoms. The summed E-state index contributed by atoms with van der Waals surface area (Å²) >= 11 is 1.64. The zero-order valence-electron chi connectivity index (χ0n) is 14.5. The van der Waals surface area contributed by atoms with Gasteiger partial charge in [0.2, 0.25) is 5.91 Å². The molecule has 1 aromatic heterocycles. The van der Waals surface area contributed by atoms with Crippen molar-refractivity contribution in [3.63, 3.8) is 0 Å². The minimum atomic E-state index is -0.270. The van der Waals surface area contributed by atoms with Crippen LogP contribution >= 0.6 is 11.3 Å². The summed E-state index contributed by atoms with van der Waals surface area (Å²) in [6.07, 6.45) is 1.82.